The first kappa shape index (κ1) is 18.5. The maximum absolute atomic E-state index is 12.8. The second kappa shape index (κ2) is 6.50. The van der Waals surface area contributed by atoms with Crippen molar-refractivity contribution in [2.45, 2.75) is 30.6 Å². The molecular weight excluding hydrogens is 388 g/mol. The number of aromatic nitrogens is 4. The Morgan fingerprint density at radius 3 is 2.90 bits per heavy atom. The number of fused-ring (bicyclic) bond motifs is 1. The van der Waals surface area contributed by atoms with Crippen LogP contribution in [0.1, 0.15) is 25.5 Å². The SMILES string of the molecule is C[C@@H]1COCCN1c1cc(C2([S@](C)(=N)=O)CC2)nc(-c2nccc3[nH]ccc23)n1. The Balaban J connectivity index is 1.72. The molecule has 0 radical (unpaired) electrons. The van der Waals surface area contributed by atoms with Gasteiger partial charge in [-0.15, -0.1) is 0 Å². The average molecular weight is 413 g/mol. The van der Waals surface area contributed by atoms with Crippen molar-refractivity contribution < 1.29 is 8.95 Å². The highest BCUT2D eigenvalue weighted by Gasteiger charge is 2.53. The van der Waals surface area contributed by atoms with Gasteiger partial charge in [-0.05, 0) is 31.9 Å². The van der Waals surface area contributed by atoms with Crippen LogP contribution < -0.4 is 4.90 Å². The lowest BCUT2D eigenvalue weighted by Crippen LogP contribution is -2.44. The van der Waals surface area contributed by atoms with E-state index in [2.05, 4.69) is 21.8 Å². The molecular formula is C20H24N6O2S. The van der Waals surface area contributed by atoms with Gasteiger partial charge < -0.3 is 14.6 Å². The zero-order valence-corrected chi connectivity index (χ0v) is 17.3. The molecule has 2 fully saturated rings. The van der Waals surface area contributed by atoms with Gasteiger partial charge in [0.2, 0.25) is 0 Å². The van der Waals surface area contributed by atoms with Gasteiger partial charge in [0, 0.05) is 42.2 Å². The maximum atomic E-state index is 12.8. The number of aromatic amines is 1. The first-order valence-electron chi connectivity index (χ1n) is 9.79. The summed E-state index contributed by atoms with van der Waals surface area (Å²) in [7, 11) is -2.80. The van der Waals surface area contributed by atoms with Crippen LogP contribution in [0.4, 0.5) is 5.82 Å². The predicted octanol–water partition coefficient (Wildman–Crippen LogP) is 2.91. The highest BCUT2D eigenvalue weighted by atomic mass is 32.2. The third-order valence-corrected chi connectivity index (χ3v) is 8.09. The van der Waals surface area contributed by atoms with Gasteiger partial charge in [0.25, 0.3) is 0 Å². The third kappa shape index (κ3) is 3.00. The van der Waals surface area contributed by atoms with Crippen molar-refractivity contribution in [1.82, 2.24) is 19.9 Å². The molecule has 2 aliphatic rings. The van der Waals surface area contributed by atoms with E-state index < -0.39 is 14.5 Å². The van der Waals surface area contributed by atoms with E-state index in [1.54, 1.807) is 6.20 Å². The van der Waals surface area contributed by atoms with Gasteiger partial charge in [-0.3, -0.25) is 9.76 Å². The van der Waals surface area contributed by atoms with Crippen LogP contribution in [0.15, 0.2) is 30.6 Å². The molecule has 4 heterocycles. The number of morpholine rings is 1. The summed E-state index contributed by atoms with van der Waals surface area (Å²) in [5.74, 6) is 1.29. The lowest BCUT2D eigenvalue weighted by Gasteiger charge is -2.34. The predicted molar refractivity (Wildman–Crippen MR) is 112 cm³/mol. The molecule has 8 nitrogen and oxygen atoms in total. The molecule has 0 unspecified atom stereocenters. The van der Waals surface area contributed by atoms with Crippen LogP contribution in [0.2, 0.25) is 0 Å². The Bertz CT molecular complexity index is 1180. The van der Waals surface area contributed by atoms with Crippen molar-refractivity contribution in [3.05, 3.63) is 36.3 Å². The van der Waals surface area contributed by atoms with Crippen LogP contribution in [-0.2, 0) is 19.2 Å². The standard InChI is InChI=1S/C20H24N6O2S/c1-13-12-28-10-9-26(13)17-11-16(20(5-6-20)29(2,21)27)24-19(25-17)18-14-3-7-22-15(14)4-8-23-18/h3-4,7-8,11,13,21-22H,5-6,9-10,12H2,1-2H3/t13-,29-/m1/s1. The van der Waals surface area contributed by atoms with E-state index in [1.807, 2.05) is 24.4 Å². The fourth-order valence-electron chi connectivity index (χ4n) is 4.11. The fraction of sp³-hybridized carbons (Fsp3) is 0.450. The molecule has 5 rings (SSSR count). The molecule has 0 spiro atoms. The summed E-state index contributed by atoms with van der Waals surface area (Å²) in [6.07, 6.45) is 6.55. The van der Waals surface area contributed by atoms with Crippen LogP contribution in [-0.4, -0.2) is 56.2 Å². The number of hydrogen-bond acceptors (Lipinski definition) is 7. The highest BCUT2D eigenvalue weighted by Crippen LogP contribution is 2.52. The van der Waals surface area contributed by atoms with Gasteiger partial charge in [0.15, 0.2) is 5.82 Å². The van der Waals surface area contributed by atoms with Crippen molar-refractivity contribution >= 4 is 26.4 Å². The van der Waals surface area contributed by atoms with Crippen LogP contribution in [0.3, 0.4) is 0 Å². The van der Waals surface area contributed by atoms with Crippen LogP contribution >= 0.6 is 0 Å². The first-order valence-corrected chi connectivity index (χ1v) is 11.8. The van der Waals surface area contributed by atoms with E-state index in [4.69, 9.17) is 19.5 Å². The summed E-state index contributed by atoms with van der Waals surface area (Å²) in [5, 5.41) is 0.943. The van der Waals surface area contributed by atoms with E-state index in [-0.39, 0.29) is 6.04 Å². The molecule has 1 aliphatic heterocycles. The molecule has 1 saturated carbocycles. The van der Waals surface area contributed by atoms with E-state index in [9.17, 15) is 4.21 Å². The van der Waals surface area contributed by atoms with Crippen LogP contribution in [0, 0.1) is 4.78 Å². The zero-order chi connectivity index (χ0) is 20.2. The monoisotopic (exact) mass is 412 g/mol. The Morgan fingerprint density at radius 2 is 2.17 bits per heavy atom. The maximum Gasteiger partial charge on any atom is 0.181 e. The quantitative estimate of drug-likeness (QED) is 0.682. The lowest BCUT2D eigenvalue weighted by molar-refractivity contribution is 0.0985. The smallest absolute Gasteiger partial charge is 0.181 e. The molecule has 2 N–H and O–H groups in total. The number of anilines is 1. The topological polar surface area (TPSA) is 108 Å². The minimum Gasteiger partial charge on any atom is -0.377 e. The minimum absolute atomic E-state index is 0.174. The molecule has 0 aromatic carbocycles. The normalized spacial score (nSPS) is 23.1. The summed E-state index contributed by atoms with van der Waals surface area (Å²) in [5.41, 5.74) is 2.34. The van der Waals surface area contributed by atoms with E-state index in [0.717, 1.165) is 23.3 Å². The van der Waals surface area contributed by atoms with Gasteiger partial charge >= 0.3 is 0 Å². The second-order valence-electron chi connectivity index (χ2n) is 7.99. The van der Waals surface area contributed by atoms with Gasteiger partial charge in [-0.25, -0.2) is 14.2 Å². The van der Waals surface area contributed by atoms with E-state index in [0.29, 0.717) is 43.3 Å². The van der Waals surface area contributed by atoms with Gasteiger partial charge in [-0.1, -0.05) is 0 Å². The Hall–Kier alpha value is -2.52. The number of hydrogen-bond donors (Lipinski definition) is 2. The fourth-order valence-corrected chi connectivity index (χ4v) is 5.49. The highest BCUT2D eigenvalue weighted by molar-refractivity contribution is 7.92. The largest absolute Gasteiger partial charge is 0.377 e. The van der Waals surface area contributed by atoms with E-state index >= 15 is 0 Å². The zero-order valence-electron chi connectivity index (χ0n) is 16.5. The molecule has 3 aromatic rings. The van der Waals surface area contributed by atoms with Crippen molar-refractivity contribution in [3.63, 3.8) is 0 Å². The van der Waals surface area contributed by atoms with Crippen LogP contribution in [0.5, 0.6) is 0 Å². The molecule has 3 aromatic heterocycles. The van der Waals surface area contributed by atoms with Crippen molar-refractivity contribution in [2.75, 3.05) is 30.9 Å². The molecule has 1 saturated heterocycles. The number of nitrogens with one attached hydrogen (secondary N) is 2. The molecule has 9 heteroatoms. The number of pyridine rings is 1. The van der Waals surface area contributed by atoms with Crippen molar-refractivity contribution in [2.24, 2.45) is 0 Å². The molecule has 29 heavy (non-hydrogen) atoms. The van der Waals surface area contributed by atoms with Crippen molar-refractivity contribution in [1.29, 1.82) is 4.78 Å². The second-order valence-corrected chi connectivity index (χ2v) is 10.5. The summed E-state index contributed by atoms with van der Waals surface area (Å²) in [6, 6.07) is 5.98. The summed E-state index contributed by atoms with van der Waals surface area (Å²) in [4.78, 5) is 19.6. The molecule has 0 amide bonds. The number of rotatable bonds is 4. The van der Waals surface area contributed by atoms with E-state index in [1.165, 1.54) is 6.26 Å². The Labute approximate surface area is 169 Å². The first-order chi connectivity index (χ1) is 13.9. The number of H-pyrrole nitrogens is 1. The van der Waals surface area contributed by atoms with Gasteiger partial charge in [-0.2, -0.15) is 0 Å². The Morgan fingerprint density at radius 1 is 1.34 bits per heavy atom. The molecule has 2 atom stereocenters. The van der Waals surface area contributed by atoms with Crippen LogP contribution in [0.25, 0.3) is 22.4 Å². The van der Waals surface area contributed by atoms with Gasteiger partial charge in [0.05, 0.1) is 39.4 Å². The summed E-state index contributed by atoms with van der Waals surface area (Å²) >= 11 is 0. The average Bonchev–Trinajstić information content (AvgIpc) is 3.39. The third-order valence-electron chi connectivity index (χ3n) is 5.98. The molecule has 152 valence electrons. The number of nitrogens with zero attached hydrogens (tertiary/aromatic N) is 4. The molecule has 0 bridgehead atoms. The Kier molecular flexibility index (Phi) is 4.15. The lowest BCUT2D eigenvalue weighted by atomic mass is 10.2. The molecule has 1 aliphatic carbocycles. The number of ether oxygens (including phenoxy) is 1. The van der Waals surface area contributed by atoms with Crippen molar-refractivity contribution in [3.8, 4) is 11.5 Å². The minimum atomic E-state index is -2.80. The van der Waals surface area contributed by atoms with Gasteiger partial charge in [0.1, 0.15) is 11.5 Å². The summed E-state index contributed by atoms with van der Waals surface area (Å²) in [6.45, 7) is 4.10. The summed E-state index contributed by atoms with van der Waals surface area (Å²) < 4.78 is 26.0.